The second-order valence-electron chi connectivity index (χ2n) is 14.3. The standard InChI is InChI=1S/C42H42N6O6.ClH/c49-33-10-8-30(9-11-33)48(32-23-43-27-44-24-32)42(51)36-20-38(46-12-4-3-7-37(36)46)34-21-39-40(54-18-17-53-39)22-35(34)41(50)47-25-29-6-2-1-5-28(29)19-31(47)26-45-13-15-52-16-14-45;/h1-2,5-6,8-11,20-24,27,31,49H,3-4,7,12-19,25-26H2;1H/t31-;/m0./s1. The van der Waals surface area contributed by atoms with Gasteiger partial charge >= 0.3 is 0 Å². The Kier molecular flexibility index (Phi) is 10.5. The molecule has 1 saturated heterocycles. The number of carbonyl (C=O) groups is 2. The molecular weight excluding hydrogens is 720 g/mol. The molecule has 4 aliphatic heterocycles. The number of rotatable bonds is 7. The zero-order valence-electron chi connectivity index (χ0n) is 30.4. The first kappa shape index (κ1) is 36.5. The maximum absolute atomic E-state index is 15.2. The summed E-state index contributed by atoms with van der Waals surface area (Å²) < 4.78 is 20.0. The Morgan fingerprint density at radius 2 is 1.55 bits per heavy atom. The highest BCUT2D eigenvalue weighted by Crippen LogP contribution is 2.42. The number of hydrogen-bond acceptors (Lipinski definition) is 9. The van der Waals surface area contributed by atoms with E-state index in [0.717, 1.165) is 55.8 Å². The lowest BCUT2D eigenvalue weighted by molar-refractivity contribution is 0.0193. The summed E-state index contributed by atoms with van der Waals surface area (Å²) in [4.78, 5) is 44.5. The molecule has 0 spiro atoms. The fourth-order valence-electron chi connectivity index (χ4n) is 8.30. The number of ether oxygens (including phenoxy) is 3. The van der Waals surface area contributed by atoms with Crippen LogP contribution < -0.4 is 14.4 Å². The minimum Gasteiger partial charge on any atom is -0.508 e. The molecule has 1 atom stereocenters. The number of nitrogens with zero attached hydrogens (tertiary/aromatic N) is 6. The van der Waals surface area contributed by atoms with Crippen molar-refractivity contribution in [1.82, 2.24) is 24.3 Å². The first-order valence-electron chi connectivity index (χ1n) is 18.7. The van der Waals surface area contributed by atoms with Gasteiger partial charge in [0.2, 0.25) is 0 Å². The monoisotopic (exact) mass is 762 g/mol. The second kappa shape index (κ2) is 15.7. The van der Waals surface area contributed by atoms with Crippen LogP contribution in [-0.2, 0) is 30.7 Å². The van der Waals surface area contributed by atoms with E-state index in [1.165, 1.54) is 11.9 Å². The van der Waals surface area contributed by atoms with E-state index in [1.54, 1.807) is 41.6 Å². The van der Waals surface area contributed by atoms with Crippen LogP contribution in [0.1, 0.15) is 50.4 Å². The summed E-state index contributed by atoms with van der Waals surface area (Å²) in [5.41, 5.74) is 6.93. The average molecular weight is 763 g/mol. The van der Waals surface area contributed by atoms with Gasteiger partial charge in [-0.3, -0.25) is 19.4 Å². The first-order chi connectivity index (χ1) is 26.5. The molecule has 12 nitrogen and oxygen atoms in total. The van der Waals surface area contributed by atoms with Crippen molar-refractivity contribution in [2.45, 2.75) is 44.8 Å². The Labute approximate surface area is 325 Å². The van der Waals surface area contributed by atoms with Crippen molar-refractivity contribution in [3.63, 3.8) is 0 Å². The minimum atomic E-state index is -0.254. The Balaban J connectivity index is 0.00000427. The van der Waals surface area contributed by atoms with Crippen molar-refractivity contribution in [2.24, 2.45) is 0 Å². The van der Waals surface area contributed by atoms with E-state index in [-0.39, 0.29) is 36.0 Å². The molecule has 1 fully saturated rings. The third-order valence-electron chi connectivity index (χ3n) is 11.0. The van der Waals surface area contributed by atoms with Gasteiger partial charge in [-0.25, -0.2) is 9.97 Å². The van der Waals surface area contributed by atoms with Gasteiger partial charge in [-0.15, -0.1) is 12.4 Å². The Morgan fingerprint density at radius 1 is 0.818 bits per heavy atom. The van der Waals surface area contributed by atoms with Gasteiger partial charge in [0.05, 0.1) is 42.4 Å². The van der Waals surface area contributed by atoms with Gasteiger partial charge in [0.1, 0.15) is 25.3 Å². The van der Waals surface area contributed by atoms with Gasteiger partial charge in [0.15, 0.2) is 11.5 Å². The van der Waals surface area contributed by atoms with Crippen molar-refractivity contribution in [1.29, 1.82) is 0 Å². The molecule has 0 saturated carbocycles. The highest BCUT2D eigenvalue weighted by atomic mass is 35.5. The van der Waals surface area contributed by atoms with E-state index in [2.05, 4.69) is 37.6 Å². The highest BCUT2D eigenvalue weighted by molar-refractivity contribution is 6.12. The molecule has 1 N–H and O–H groups in total. The second-order valence-corrected chi connectivity index (χ2v) is 14.3. The normalized spacial score (nSPS) is 17.7. The van der Waals surface area contributed by atoms with Crippen LogP contribution in [0.25, 0.3) is 11.3 Å². The third kappa shape index (κ3) is 7.13. The van der Waals surface area contributed by atoms with Crippen molar-refractivity contribution in [2.75, 3.05) is 51.0 Å². The van der Waals surface area contributed by atoms with Crippen molar-refractivity contribution < 1.29 is 28.9 Å². The molecule has 13 heteroatoms. The SMILES string of the molecule is Cl.O=C(c1cc(-c2cc3c(cc2C(=O)N2Cc4ccccc4C[C@H]2CN2CCOCC2)OCCO3)n2c1CCCC2)N(c1ccc(O)cc1)c1cncnc1. The van der Waals surface area contributed by atoms with Crippen molar-refractivity contribution in [3.05, 3.63) is 113 Å². The van der Waals surface area contributed by atoms with Crippen LogP contribution in [0, 0.1) is 0 Å². The molecule has 55 heavy (non-hydrogen) atoms. The van der Waals surface area contributed by atoms with Gasteiger partial charge < -0.3 is 28.8 Å². The number of aromatic nitrogens is 3. The molecule has 4 aliphatic rings. The van der Waals surface area contributed by atoms with Gasteiger partial charge in [0.25, 0.3) is 11.8 Å². The molecule has 5 aromatic rings. The molecule has 9 rings (SSSR count). The number of amides is 2. The number of halogens is 1. The topological polar surface area (TPSA) is 122 Å². The van der Waals surface area contributed by atoms with Crippen LogP contribution in [0.5, 0.6) is 17.2 Å². The fraction of sp³-hybridized carbons (Fsp3) is 0.333. The summed E-state index contributed by atoms with van der Waals surface area (Å²) in [5, 5.41) is 10.1. The number of morpholine rings is 1. The number of hydrogen-bond donors (Lipinski definition) is 1. The summed E-state index contributed by atoms with van der Waals surface area (Å²) in [6.07, 6.45) is 7.96. The van der Waals surface area contributed by atoms with Gasteiger partial charge in [-0.1, -0.05) is 24.3 Å². The molecule has 6 heterocycles. The third-order valence-corrected chi connectivity index (χ3v) is 11.0. The van der Waals surface area contributed by atoms with Crippen LogP contribution in [0.15, 0.2) is 85.5 Å². The number of fused-ring (bicyclic) bond motifs is 3. The molecule has 0 aliphatic carbocycles. The summed E-state index contributed by atoms with van der Waals surface area (Å²) >= 11 is 0. The maximum atomic E-state index is 15.2. The van der Waals surface area contributed by atoms with Crippen LogP contribution in [0.4, 0.5) is 11.4 Å². The zero-order valence-corrected chi connectivity index (χ0v) is 31.2. The summed E-state index contributed by atoms with van der Waals surface area (Å²) in [7, 11) is 0. The number of phenolic OH excluding ortho intramolecular Hbond substituents is 1. The lowest BCUT2D eigenvalue weighted by Crippen LogP contribution is -2.52. The van der Waals surface area contributed by atoms with Crippen LogP contribution in [0.3, 0.4) is 0 Å². The van der Waals surface area contributed by atoms with E-state index in [4.69, 9.17) is 14.2 Å². The van der Waals surface area contributed by atoms with Crippen LogP contribution >= 0.6 is 12.4 Å². The van der Waals surface area contributed by atoms with E-state index >= 15 is 4.79 Å². The van der Waals surface area contributed by atoms with E-state index in [1.807, 2.05) is 29.2 Å². The lowest BCUT2D eigenvalue weighted by Gasteiger charge is -2.41. The maximum Gasteiger partial charge on any atom is 0.264 e. The van der Waals surface area contributed by atoms with Crippen molar-refractivity contribution in [3.8, 4) is 28.5 Å². The van der Waals surface area contributed by atoms with Crippen LogP contribution in [-0.4, -0.2) is 93.4 Å². The minimum absolute atomic E-state index is 0. The van der Waals surface area contributed by atoms with E-state index in [0.29, 0.717) is 85.5 Å². The predicted molar refractivity (Wildman–Crippen MR) is 209 cm³/mol. The average Bonchev–Trinajstić information content (AvgIpc) is 3.61. The van der Waals surface area contributed by atoms with Gasteiger partial charge in [-0.2, -0.15) is 0 Å². The smallest absolute Gasteiger partial charge is 0.264 e. The molecule has 0 unspecified atom stereocenters. The quantitative estimate of drug-likeness (QED) is 0.211. The van der Waals surface area contributed by atoms with Gasteiger partial charge in [0, 0.05) is 61.4 Å². The number of aromatic hydroxyl groups is 1. The molecular formula is C42H43ClN6O6. The predicted octanol–water partition coefficient (Wildman–Crippen LogP) is 6.06. The largest absolute Gasteiger partial charge is 0.508 e. The number of benzene rings is 3. The van der Waals surface area contributed by atoms with Crippen molar-refractivity contribution >= 4 is 35.6 Å². The number of phenols is 1. The summed E-state index contributed by atoms with van der Waals surface area (Å²) in [6, 6.07) is 20.6. The Bertz CT molecular complexity index is 2190. The molecule has 284 valence electrons. The van der Waals surface area contributed by atoms with E-state index < -0.39 is 0 Å². The highest BCUT2D eigenvalue weighted by Gasteiger charge is 2.36. The first-order valence-corrected chi connectivity index (χ1v) is 18.7. The van der Waals surface area contributed by atoms with E-state index in [9.17, 15) is 9.90 Å². The zero-order chi connectivity index (χ0) is 36.6. The molecule has 0 bridgehead atoms. The molecule has 3 aromatic carbocycles. The number of anilines is 2. The molecule has 2 aromatic heterocycles. The summed E-state index contributed by atoms with van der Waals surface area (Å²) in [5.74, 6) is 0.879. The Hall–Kier alpha value is -5.43. The summed E-state index contributed by atoms with van der Waals surface area (Å²) in [6.45, 7) is 5.78. The molecule has 0 radical (unpaired) electrons. The van der Waals surface area contributed by atoms with Crippen LogP contribution in [0.2, 0.25) is 0 Å². The van der Waals surface area contributed by atoms with Gasteiger partial charge in [-0.05, 0) is 79.3 Å². The number of carbonyl (C=O) groups excluding carboxylic acids is 2. The lowest BCUT2D eigenvalue weighted by atomic mass is 9.92. The molecule has 2 amide bonds. The Morgan fingerprint density at radius 3 is 2.31 bits per heavy atom. The fourth-order valence-corrected chi connectivity index (χ4v) is 8.30.